The minimum absolute atomic E-state index is 0.255. The minimum atomic E-state index is -0.606. The summed E-state index contributed by atoms with van der Waals surface area (Å²) in [4.78, 5) is 27.3. The van der Waals surface area contributed by atoms with Crippen molar-refractivity contribution in [3.8, 4) is 0 Å². The summed E-state index contributed by atoms with van der Waals surface area (Å²) in [7, 11) is 1.57. The summed E-state index contributed by atoms with van der Waals surface area (Å²) < 4.78 is 13.8. The molecule has 0 aliphatic carbocycles. The van der Waals surface area contributed by atoms with E-state index in [0.29, 0.717) is 19.4 Å². The van der Waals surface area contributed by atoms with E-state index < -0.39 is 17.9 Å². The van der Waals surface area contributed by atoms with Gasteiger partial charge in [-0.1, -0.05) is 19.1 Å². The predicted octanol–water partition coefficient (Wildman–Crippen LogP) is 1.13. The molecular formula is C15H20FN3O2. The van der Waals surface area contributed by atoms with Crippen molar-refractivity contribution in [3.63, 3.8) is 0 Å². The Balaban J connectivity index is 2.15. The van der Waals surface area contributed by atoms with Crippen LogP contribution in [-0.2, 0) is 9.59 Å². The third-order valence-corrected chi connectivity index (χ3v) is 3.89. The molecule has 1 saturated heterocycles. The predicted molar refractivity (Wildman–Crippen MR) is 78.2 cm³/mol. The number of likely N-dealkylation sites (N-methyl/N-ethyl adjacent to an activating group) is 1. The summed E-state index contributed by atoms with van der Waals surface area (Å²) in [5.74, 6) is -0.962. The summed E-state index contributed by atoms with van der Waals surface area (Å²) in [6, 6.07) is 4.96. The van der Waals surface area contributed by atoms with Gasteiger partial charge in [-0.25, -0.2) is 4.39 Å². The topological polar surface area (TPSA) is 66.6 Å². The Bertz CT molecular complexity index is 549. The number of hydrogen-bond donors (Lipinski definition) is 1. The normalized spacial score (nSPS) is 19.7. The summed E-state index contributed by atoms with van der Waals surface area (Å²) in [5.41, 5.74) is 5.98. The molecule has 0 radical (unpaired) electrons. The molecule has 0 spiro atoms. The van der Waals surface area contributed by atoms with Crippen molar-refractivity contribution >= 4 is 17.5 Å². The second kappa shape index (κ2) is 6.22. The molecule has 1 heterocycles. The maximum absolute atomic E-state index is 13.8. The third-order valence-electron chi connectivity index (χ3n) is 3.89. The Kier molecular flexibility index (Phi) is 4.57. The lowest BCUT2D eigenvalue weighted by Gasteiger charge is -2.26. The number of hydrogen-bond acceptors (Lipinski definition) is 3. The molecule has 2 N–H and O–H groups in total. The van der Waals surface area contributed by atoms with Gasteiger partial charge in [0.2, 0.25) is 11.8 Å². The average molecular weight is 293 g/mol. The fraction of sp³-hybridized carbons (Fsp3) is 0.467. The van der Waals surface area contributed by atoms with Crippen LogP contribution in [0.3, 0.4) is 0 Å². The number of amides is 2. The first-order chi connectivity index (χ1) is 9.97. The highest BCUT2D eigenvalue weighted by Crippen LogP contribution is 2.26. The number of para-hydroxylation sites is 1. The van der Waals surface area contributed by atoms with Crippen LogP contribution >= 0.6 is 0 Å². The monoisotopic (exact) mass is 293 g/mol. The van der Waals surface area contributed by atoms with Gasteiger partial charge in [0.1, 0.15) is 11.9 Å². The van der Waals surface area contributed by atoms with Gasteiger partial charge in [-0.2, -0.15) is 0 Å². The largest absolute Gasteiger partial charge is 0.332 e. The molecule has 5 nitrogen and oxygen atoms in total. The molecule has 2 amide bonds. The fourth-order valence-electron chi connectivity index (χ4n) is 2.52. The van der Waals surface area contributed by atoms with E-state index >= 15 is 0 Å². The Hall–Kier alpha value is -1.95. The van der Waals surface area contributed by atoms with E-state index in [1.54, 1.807) is 25.2 Å². The summed E-state index contributed by atoms with van der Waals surface area (Å²) in [6.07, 6.45) is 0.993. The van der Waals surface area contributed by atoms with Crippen LogP contribution < -0.4 is 10.6 Å². The van der Waals surface area contributed by atoms with Crippen LogP contribution in [0.25, 0.3) is 0 Å². The molecule has 1 aromatic carbocycles. The first-order valence-corrected chi connectivity index (χ1v) is 7.05. The maximum Gasteiger partial charge on any atom is 0.249 e. The summed E-state index contributed by atoms with van der Waals surface area (Å²) in [6.45, 7) is 2.21. The fourth-order valence-corrected chi connectivity index (χ4v) is 2.52. The van der Waals surface area contributed by atoms with E-state index in [2.05, 4.69) is 0 Å². The van der Waals surface area contributed by atoms with Crippen LogP contribution in [0.15, 0.2) is 24.3 Å². The molecule has 2 rings (SSSR count). The highest BCUT2D eigenvalue weighted by molar-refractivity contribution is 6.01. The van der Waals surface area contributed by atoms with Crippen LogP contribution in [-0.4, -0.2) is 42.4 Å². The number of carbonyl (C=O) groups excluding carboxylic acids is 2. The van der Waals surface area contributed by atoms with Crippen molar-refractivity contribution in [1.82, 2.24) is 4.90 Å². The van der Waals surface area contributed by atoms with Crippen LogP contribution in [0, 0.1) is 5.82 Å². The van der Waals surface area contributed by atoms with Crippen molar-refractivity contribution in [3.05, 3.63) is 30.1 Å². The van der Waals surface area contributed by atoms with E-state index in [-0.39, 0.29) is 17.5 Å². The molecule has 1 aliphatic rings. The van der Waals surface area contributed by atoms with E-state index in [1.807, 2.05) is 6.92 Å². The number of halogens is 1. The third kappa shape index (κ3) is 2.90. The van der Waals surface area contributed by atoms with Crippen LogP contribution in [0.5, 0.6) is 0 Å². The maximum atomic E-state index is 13.8. The molecule has 0 bridgehead atoms. The molecular weight excluding hydrogens is 273 g/mol. The SMILES string of the molecule is CC[C@H](N)C(=O)N(C)[C@@H]1CCN(c2ccccc2F)C1=O. The van der Waals surface area contributed by atoms with E-state index in [4.69, 9.17) is 5.73 Å². The zero-order chi connectivity index (χ0) is 15.6. The molecule has 2 atom stereocenters. The second-order valence-corrected chi connectivity index (χ2v) is 5.21. The number of nitrogens with two attached hydrogens (primary N) is 1. The number of rotatable bonds is 4. The molecule has 6 heteroatoms. The van der Waals surface area contributed by atoms with Gasteiger partial charge in [0.25, 0.3) is 0 Å². The van der Waals surface area contributed by atoms with E-state index in [0.717, 1.165) is 0 Å². The molecule has 1 fully saturated rings. The molecule has 0 saturated carbocycles. The second-order valence-electron chi connectivity index (χ2n) is 5.21. The molecule has 0 aromatic heterocycles. The van der Waals surface area contributed by atoms with Gasteiger partial charge >= 0.3 is 0 Å². The van der Waals surface area contributed by atoms with Gasteiger partial charge < -0.3 is 15.5 Å². The molecule has 1 aliphatic heterocycles. The van der Waals surface area contributed by atoms with Crippen molar-refractivity contribution in [2.24, 2.45) is 5.73 Å². The van der Waals surface area contributed by atoms with Crippen molar-refractivity contribution in [1.29, 1.82) is 0 Å². The molecule has 0 unspecified atom stereocenters. The van der Waals surface area contributed by atoms with Gasteiger partial charge in [0.05, 0.1) is 11.7 Å². The quantitative estimate of drug-likeness (QED) is 0.905. The van der Waals surface area contributed by atoms with Crippen molar-refractivity contribution in [2.75, 3.05) is 18.5 Å². The highest BCUT2D eigenvalue weighted by atomic mass is 19.1. The molecule has 1 aromatic rings. The van der Waals surface area contributed by atoms with E-state index in [1.165, 1.54) is 15.9 Å². The Morgan fingerprint density at radius 2 is 2.19 bits per heavy atom. The zero-order valence-electron chi connectivity index (χ0n) is 12.3. The standard InChI is InChI=1S/C15H20FN3O2/c1-3-11(17)14(20)18(2)13-8-9-19(15(13)21)12-7-5-4-6-10(12)16/h4-7,11,13H,3,8-9,17H2,1-2H3/t11-,13+/m0/s1. The number of nitrogens with zero attached hydrogens (tertiary/aromatic N) is 2. The average Bonchev–Trinajstić information content (AvgIpc) is 2.87. The lowest BCUT2D eigenvalue weighted by Crippen LogP contribution is -2.49. The summed E-state index contributed by atoms with van der Waals surface area (Å²) >= 11 is 0. The Labute approximate surface area is 123 Å². The highest BCUT2D eigenvalue weighted by Gasteiger charge is 2.38. The van der Waals surface area contributed by atoms with E-state index in [9.17, 15) is 14.0 Å². The van der Waals surface area contributed by atoms with Crippen LogP contribution in [0.2, 0.25) is 0 Å². The van der Waals surface area contributed by atoms with Crippen LogP contribution in [0.1, 0.15) is 19.8 Å². The van der Waals surface area contributed by atoms with Crippen LogP contribution in [0.4, 0.5) is 10.1 Å². The van der Waals surface area contributed by atoms with Gasteiger partial charge in [-0.05, 0) is 25.0 Å². The number of anilines is 1. The first-order valence-electron chi connectivity index (χ1n) is 7.05. The number of carbonyl (C=O) groups is 2. The van der Waals surface area contributed by atoms with Crippen molar-refractivity contribution in [2.45, 2.75) is 31.8 Å². The lowest BCUT2D eigenvalue weighted by atomic mass is 10.1. The Morgan fingerprint density at radius 1 is 1.52 bits per heavy atom. The first kappa shape index (κ1) is 15.4. The lowest BCUT2D eigenvalue weighted by molar-refractivity contribution is -0.137. The molecule has 114 valence electrons. The van der Waals surface area contributed by atoms with Gasteiger partial charge in [-0.15, -0.1) is 0 Å². The molecule has 21 heavy (non-hydrogen) atoms. The minimum Gasteiger partial charge on any atom is -0.332 e. The smallest absolute Gasteiger partial charge is 0.249 e. The summed E-state index contributed by atoms with van der Waals surface area (Å²) in [5, 5.41) is 0. The van der Waals surface area contributed by atoms with Gasteiger partial charge in [-0.3, -0.25) is 9.59 Å². The van der Waals surface area contributed by atoms with Gasteiger partial charge in [0, 0.05) is 13.6 Å². The van der Waals surface area contributed by atoms with Crippen molar-refractivity contribution < 1.29 is 14.0 Å². The number of benzene rings is 1. The van der Waals surface area contributed by atoms with Gasteiger partial charge in [0.15, 0.2) is 0 Å². The Morgan fingerprint density at radius 3 is 2.81 bits per heavy atom. The zero-order valence-corrected chi connectivity index (χ0v) is 12.3.